The molecule has 306 valence electrons. The number of esters is 2. The number of carbonyl (C=O) groups excluding carboxylic acids is 2. The summed E-state index contributed by atoms with van der Waals surface area (Å²) in [6.45, 7) is 2.15. The van der Waals surface area contributed by atoms with Crippen LogP contribution in [0.25, 0.3) is 0 Å². The molecule has 0 bridgehead atoms. The van der Waals surface area contributed by atoms with E-state index >= 15 is 0 Å². The average Bonchev–Trinajstić information content (AvgIpc) is 3.13. The molecule has 1 rings (SSSR count). The predicted molar refractivity (Wildman–Crippen MR) is 197 cm³/mol. The van der Waals surface area contributed by atoms with Crippen molar-refractivity contribution in [2.75, 3.05) is 13.2 Å². The summed E-state index contributed by atoms with van der Waals surface area (Å²) in [5.74, 6) is 21.7. The van der Waals surface area contributed by atoms with E-state index in [1.807, 2.05) is 0 Å². The van der Waals surface area contributed by atoms with E-state index in [2.05, 4.69) is 70.7 Å². The van der Waals surface area contributed by atoms with E-state index in [4.69, 9.17) is 28.3 Å². The van der Waals surface area contributed by atoms with Gasteiger partial charge in [-0.25, -0.2) is 13.9 Å². The third kappa shape index (κ3) is 23.5. The molecule has 1 aliphatic carbocycles. The normalized spacial score (nSPS) is 21.8. The minimum atomic E-state index is -5.38. The standard InChI is InChI=1S/C37H52O16P2/c1-3-5-7-9-11-13-14-15-16-18-20-22-24-26-31(39)51-29(27-49-30(38)25-23-21-19-17-12-10-8-6-4-2)28-50-55(47,48)53-37-34(42)32(40)33(41)36(35(37)43)52-54(44,45)46/h29,32-37,40-43H,3,5,7,9,11,13-16,18,20,22,24,26-28H2,1-2H3,(H,47,48)(H2,44,45,46)/t29-,32+,33?,34?,35-,36-,37?/m1/s1. The molecule has 16 nitrogen and oxygen atoms in total. The Kier molecular flexibility index (Phi) is 25.6. The summed E-state index contributed by atoms with van der Waals surface area (Å²) in [6, 6.07) is 0. The van der Waals surface area contributed by atoms with Crippen molar-refractivity contribution in [1.29, 1.82) is 0 Å². The molecule has 1 fully saturated rings. The zero-order valence-corrected chi connectivity index (χ0v) is 32.8. The molecular weight excluding hydrogens is 762 g/mol. The first-order valence-corrected chi connectivity index (χ1v) is 21.0. The van der Waals surface area contributed by atoms with Gasteiger partial charge >= 0.3 is 27.6 Å². The number of aliphatic hydroxyl groups is 4. The number of phosphoric acid groups is 2. The monoisotopic (exact) mass is 814 g/mol. The van der Waals surface area contributed by atoms with Crippen molar-refractivity contribution < 1.29 is 76.9 Å². The summed E-state index contributed by atoms with van der Waals surface area (Å²) in [5.41, 5.74) is 0. The fourth-order valence-electron chi connectivity index (χ4n) is 5.14. The maximum absolute atomic E-state index is 12.8. The van der Waals surface area contributed by atoms with Gasteiger partial charge < -0.3 is 44.6 Å². The summed E-state index contributed by atoms with van der Waals surface area (Å²) < 4.78 is 48.4. The van der Waals surface area contributed by atoms with E-state index in [-0.39, 0.29) is 6.42 Å². The molecule has 0 amide bonds. The Morgan fingerprint density at radius 3 is 1.60 bits per heavy atom. The van der Waals surface area contributed by atoms with Gasteiger partial charge in [0.15, 0.2) is 6.10 Å². The Hall–Kier alpha value is -3.20. The molecule has 0 aliphatic heterocycles. The van der Waals surface area contributed by atoms with Crippen LogP contribution in [0.3, 0.4) is 0 Å². The zero-order valence-electron chi connectivity index (χ0n) is 31.1. The number of hydrogen-bond acceptors (Lipinski definition) is 13. The van der Waals surface area contributed by atoms with Crippen LogP contribution in [0.4, 0.5) is 0 Å². The Bertz CT molecular complexity index is 1600. The molecule has 4 unspecified atom stereocenters. The van der Waals surface area contributed by atoms with Crippen molar-refractivity contribution in [1.82, 2.24) is 0 Å². The fraction of sp³-hybridized carbons (Fsp3) is 0.676. The van der Waals surface area contributed by atoms with Gasteiger partial charge in [0.25, 0.3) is 0 Å². The molecule has 0 aromatic heterocycles. The lowest BCUT2D eigenvalue weighted by atomic mass is 9.85. The van der Waals surface area contributed by atoms with Crippen molar-refractivity contribution in [3.05, 3.63) is 0 Å². The van der Waals surface area contributed by atoms with E-state index in [9.17, 15) is 44.0 Å². The molecule has 7 N–H and O–H groups in total. The van der Waals surface area contributed by atoms with Gasteiger partial charge in [0, 0.05) is 12.3 Å². The van der Waals surface area contributed by atoms with Crippen LogP contribution in [0.2, 0.25) is 0 Å². The van der Waals surface area contributed by atoms with E-state index < -0.39 is 83.5 Å². The highest BCUT2D eigenvalue weighted by Gasteiger charge is 2.54. The second-order valence-electron chi connectivity index (χ2n) is 12.4. The Labute approximate surface area is 322 Å². The molecular formula is C37H52O16P2. The molecule has 0 spiro atoms. The van der Waals surface area contributed by atoms with Crippen LogP contribution in [-0.4, -0.2) is 103 Å². The van der Waals surface area contributed by atoms with Gasteiger partial charge in [-0.2, -0.15) is 0 Å². The van der Waals surface area contributed by atoms with Crippen LogP contribution >= 0.6 is 15.6 Å². The van der Waals surface area contributed by atoms with Crippen molar-refractivity contribution in [3.8, 4) is 59.2 Å². The third-order valence-corrected chi connectivity index (χ3v) is 9.40. The Morgan fingerprint density at radius 1 is 0.618 bits per heavy atom. The lowest BCUT2D eigenvalue weighted by Gasteiger charge is -2.43. The number of aliphatic hydroxyl groups excluding tert-OH is 4. The van der Waals surface area contributed by atoms with Crippen LogP contribution in [-0.2, 0) is 41.8 Å². The Morgan fingerprint density at radius 2 is 1.09 bits per heavy atom. The molecule has 0 aromatic rings. The second kappa shape index (κ2) is 28.2. The summed E-state index contributed by atoms with van der Waals surface area (Å²) in [6.07, 6.45) is -0.967. The highest BCUT2D eigenvalue weighted by Crippen LogP contribution is 2.49. The first kappa shape index (κ1) is 49.8. The van der Waals surface area contributed by atoms with Crippen molar-refractivity contribution in [2.24, 2.45) is 0 Å². The van der Waals surface area contributed by atoms with Crippen LogP contribution in [0.1, 0.15) is 104 Å². The van der Waals surface area contributed by atoms with E-state index in [0.717, 1.165) is 32.1 Å². The van der Waals surface area contributed by atoms with Crippen molar-refractivity contribution >= 4 is 27.6 Å². The van der Waals surface area contributed by atoms with Gasteiger partial charge in [0.2, 0.25) is 0 Å². The second-order valence-corrected chi connectivity index (χ2v) is 15.0. The van der Waals surface area contributed by atoms with E-state index in [1.54, 1.807) is 6.92 Å². The number of hydrogen-bond donors (Lipinski definition) is 7. The van der Waals surface area contributed by atoms with Gasteiger partial charge in [-0.3, -0.25) is 18.4 Å². The SMILES string of the molecule is CC#CC#CC#CC#CC#CC(=O)OC[C@H](COP(=O)(O)OC1C(O)[C@@H](O)C(O)[C@@H](OP(=O)(O)O)[C@H]1O)OC(=O)CCCCCCCCCCCCCCC. The molecule has 0 heterocycles. The molecule has 55 heavy (non-hydrogen) atoms. The zero-order chi connectivity index (χ0) is 41.1. The first-order valence-electron chi connectivity index (χ1n) is 18.0. The third-order valence-electron chi connectivity index (χ3n) is 7.89. The largest absolute Gasteiger partial charge is 0.472 e. The minimum absolute atomic E-state index is 0.0248. The fourth-order valence-corrected chi connectivity index (χ4v) is 6.68. The smallest absolute Gasteiger partial charge is 0.456 e. The van der Waals surface area contributed by atoms with E-state index in [0.29, 0.717) is 6.42 Å². The summed E-state index contributed by atoms with van der Waals surface area (Å²) in [7, 11) is -10.7. The number of ether oxygens (including phenoxy) is 2. The maximum Gasteiger partial charge on any atom is 0.472 e. The lowest BCUT2D eigenvalue weighted by Crippen LogP contribution is -2.64. The molecule has 0 saturated heterocycles. The first-order chi connectivity index (χ1) is 26.1. The Balaban J connectivity index is 2.81. The highest BCUT2D eigenvalue weighted by molar-refractivity contribution is 7.47. The van der Waals surface area contributed by atoms with E-state index in [1.165, 1.54) is 44.9 Å². The minimum Gasteiger partial charge on any atom is -0.456 e. The van der Waals surface area contributed by atoms with Crippen LogP contribution in [0.5, 0.6) is 0 Å². The number of phosphoric ester groups is 2. The quantitative estimate of drug-likeness (QED) is 0.0243. The number of unbranched alkanes of at least 4 members (excludes halogenated alkanes) is 12. The number of rotatable bonds is 24. The molecule has 1 aliphatic rings. The van der Waals surface area contributed by atoms with Crippen molar-refractivity contribution in [3.63, 3.8) is 0 Å². The summed E-state index contributed by atoms with van der Waals surface area (Å²) in [4.78, 5) is 53.4. The van der Waals surface area contributed by atoms with Gasteiger partial charge in [-0.1, -0.05) is 89.9 Å². The van der Waals surface area contributed by atoms with Crippen LogP contribution in [0.15, 0.2) is 0 Å². The highest BCUT2D eigenvalue weighted by atomic mass is 31.2. The molecule has 18 heteroatoms. The molecule has 1 saturated carbocycles. The predicted octanol–water partition coefficient (Wildman–Crippen LogP) is 2.40. The molecule has 0 aromatic carbocycles. The summed E-state index contributed by atoms with van der Waals surface area (Å²) >= 11 is 0. The van der Waals surface area contributed by atoms with Gasteiger partial charge in [-0.05, 0) is 60.7 Å². The summed E-state index contributed by atoms with van der Waals surface area (Å²) in [5, 5.41) is 40.9. The topological polar surface area (TPSA) is 256 Å². The van der Waals surface area contributed by atoms with Gasteiger partial charge in [-0.15, -0.1) is 0 Å². The molecule has 8 atom stereocenters. The van der Waals surface area contributed by atoms with Crippen LogP contribution in [0, 0.1) is 59.2 Å². The number of carbonyl (C=O) groups is 2. The lowest BCUT2D eigenvalue weighted by molar-refractivity contribution is -0.216. The van der Waals surface area contributed by atoms with Gasteiger partial charge in [0.05, 0.1) is 6.61 Å². The maximum atomic E-state index is 12.8. The van der Waals surface area contributed by atoms with Crippen LogP contribution < -0.4 is 0 Å². The molecule has 0 radical (unpaired) electrons. The van der Waals surface area contributed by atoms with Gasteiger partial charge in [0.1, 0.15) is 43.2 Å². The average molecular weight is 815 g/mol. The van der Waals surface area contributed by atoms with Crippen molar-refractivity contribution in [2.45, 2.75) is 146 Å².